The molecule has 0 bridgehead atoms. The van der Waals surface area contributed by atoms with Crippen molar-refractivity contribution in [2.24, 2.45) is 5.92 Å². The molecule has 12 heteroatoms. The Morgan fingerprint density at radius 3 is 1.93 bits per heavy atom. The third kappa shape index (κ3) is 13.9. The third-order valence-corrected chi connectivity index (χ3v) is 9.66. The number of rotatable bonds is 20. The average Bonchev–Trinajstić information content (AvgIpc) is 3.41. The monoisotopic (exact) mass is 670 g/mol. The zero-order chi connectivity index (χ0) is 30.3. The molecule has 0 aromatic heterocycles. The van der Waals surface area contributed by atoms with Gasteiger partial charge in [-0.3, -0.25) is 0 Å². The van der Waals surface area contributed by atoms with E-state index < -0.39 is 0 Å². The van der Waals surface area contributed by atoms with Crippen LogP contribution < -0.4 is 9.47 Å². The summed E-state index contributed by atoms with van der Waals surface area (Å²) in [6.45, 7) is 12.1. The molecule has 3 unspecified atom stereocenters. The fourth-order valence-electron chi connectivity index (χ4n) is 6.04. The van der Waals surface area contributed by atoms with Gasteiger partial charge in [-0.2, -0.15) is 0 Å². The van der Waals surface area contributed by atoms with Crippen molar-refractivity contribution < 1.29 is 38.7 Å². The summed E-state index contributed by atoms with van der Waals surface area (Å²) in [6, 6.07) is 8.90. The molecular formula is C32H48Na2O8S2. The van der Waals surface area contributed by atoms with Gasteiger partial charge >= 0.3 is 0 Å². The predicted octanol–water partition coefficient (Wildman–Crippen LogP) is 8.72. The molecule has 1 saturated carbocycles. The second-order valence-corrected chi connectivity index (χ2v) is 13.1. The van der Waals surface area contributed by atoms with Crippen molar-refractivity contribution in [2.75, 3.05) is 19.0 Å². The quantitative estimate of drug-likeness (QED) is 0.0468. The van der Waals surface area contributed by atoms with E-state index in [9.17, 15) is 0 Å². The van der Waals surface area contributed by atoms with Crippen molar-refractivity contribution in [1.82, 2.24) is 0 Å². The fourth-order valence-corrected chi connectivity index (χ4v) is 7.30. The van der Waals surface area contributed by atoms with Crippen LogP contribution in [0.2, 0.25) is 0 Å². The topological polar surface area (TPSA) is 95.8 Å². The van der Waals surface area contributed by atoms with E-state index in [4.69, 9.17) is 24.3 Å². The molecule has 2 radical (unpaired) electrons. The molecule has 1 aliphatic rings. The zero-order valence-corrected chi connectivity index (χ0v) is 33.3. The van der Waals surface area contributed by atoms with Crippen LogP contribution in [0.3, 0.4) is 0 Å². The number of benzene rings is 2. The zero-order valence-electron chi connectivity index (χ0n) is 27.7. The molecule has 2 aromatic carbocycles. The van der Waals surface area contributed by atoms with Crippen LogP contribution in [0.25, 0.3) is 0 Å². The fraction of sp³-hybridized carbons (Fsp3) is 0.625. The van der Waals surface area contributed by atoms with Crippen molar-refractivity contribution in [3.05, 3.63) is 57.6 Å². The van der Waals surface area contributed by atoms with Crippen LogP contribution in [0.15, 0.2) is 24.3 Å². The number of aryl methyl sites for hydroxylation is 4. The van der Waals surface area contributed by atoms with E-state index in [1.54, 1.807) is 0 Å². The maximum Gasteiger partial charge on any atom is 0.126 e. The summed E-state index contributed by atoms with van der Waals surface area (Å²) in [6.07, 6.45) is 9.61. The van der Waals surface area contributed by atoms with Crippen LogP contribution in [0, 0.1) is 33.6 Å². The van der Waals surface area contributed by atoms with Gasteiger partial charge in [0.15, 0.2) is 0 Å². The van der Waals surface area contributed by atoms with E-state index in [2.05, 4.69) is 73.3 Å². The van der Waals surface area contributed by atoms with Crippen LogP contribution >= 0.6 is 24.1 Å². The van der Waals surface area contributed by atoms with Crippen LogP contribution in [-0.4, -0.2) is 93.8 Å². The van der Waals surface area contributed by atoms with Gasteiger partial charge in [0.25, 0.3) is 0 Å². The molecule has 0 heterocycles. The van der Waals surface area contributed by atoms with E-state index >= 15 is 0 Å². The standard InChI is InChI=1S/C32H48O8S2.2Na/c1-22-18-24(3)31(35-15-9-7-6-8-10-17-41-39-37-33)28(20-22)26(5)29-21-23(2)19-25(4)32(29)36-16-14-27-12-11-13-30(27)42-40-38-34;;/h18-21,26-27,30,33-34H,6-17H2,1-5H3;;. The summed E-state index contributed by atoms with van der Waals surface area (Å²) in [5.41, 5.74) is 7.12. The molecule has 2 aromatic rings. The summed E-state index contributed by atoms with van der Waals surface area (Å²) in [5, 5.41) is 24.5. The maximum absolute atomic E-state index is 8.55. The largest absolute Gasteiger partial charge is 0.493 e. The van der Waals surface area contributed by atoms with Crippen LogP contribution in [-0.2, 0) is 18.7 Å². The molecule has 1 fully saturated rings. The molecule has 1 aliphatic carbocycles. The molecule has 0 saturated heterocycles. The first-order valence-corrected chi connectivity index (χ1v) is 16.8. The van der Waals surface area contributed by atoms with Gasteiger partial charge in [0.1, 0.15) is 11.5 Å². The van der Waals surface area contributed by atoms with Crippen LogP contribution in [0.4, 0.5) is 0 Å². The van der Waals surface area contributed by atoms with E-state index in [0.29, 0.717) is 24.4 Å². The number of ether oxygens (including phenoxy) is 2. The molecule has 44 heavy (non-hydrogen) atoms. The van der Waals surface area contributed by atoms with Crippen LogP contribution in [0.1, 0.15) is 104 Å². The van der Waals surface area contributed by atoms with Crippen molar-refractivity contribution in [1.29, 1.82) is 0 Å². The minimum Gasteiger partial charge on any atom is -0.493 e. The Kier molecular flexibility index (Phi) is 23.0. The number of hydrogen-bond acceptors (Lipinski definition) is 10. The second kappa shape index (κ2) is 23.8. The molecule has 0 spiro atoms. The third-order valence-electron chi connectivity index (χ3n) is 8.04. The first-order valence-electron chi connectivity index (χ1n) is 15.1. The molecule has 3 rings (SSSR count). The normalized spacial score (nSPS) is 16.7. The Morgan fingerprint density at radius 2 is 1.32 bits per heavy atom. The molecule has 8 nitrogen and oxygen atoms in total. The summed E-state index contributed by atoms with van der Waals surface area (Å²) in [4.78, 5) is 0. The molecular weight excluding hydrogens is 622 g/mol. The van der Waals surface area contributed by atoms with Gasteiger partial charge in [-0.15, -0.1) is 8.67 Å². The van der Waals surface area contributed by atoms with Gasteiger partial charge in [-0.1, -0.05) is 78.1 Å². The summed E-state index contributed by atoms with van der Waals surface area (Å²) in [5.74, 6) is 3.29. The van der Waals surface area contributed by atoms with Gasteiger partial charge in [0.05, 0.1) is 13.2 Å². The maximum atomic E-state index is 8.55. The Labute approximate surface area is 316 Å². The summed E-state index contributed by atoms with van der Waals surface area (Å²) < 4.78 is 22.2. The predicted molar refractivity (Wildman–Crippen MR) is 180 cm³/mol. The van der Waals surface area contributed by atoms with Crippen molar-refractivity contribution in [3.8, 4) is 11.5 Å². The van der Waals surface area contributed by atoms with Gasteiger partial charge in [0, 0.05) is 111 Å². The first-order chi connectivity index (χ1) is 20.3. The van der Waals surface area contributed by atoms with E-state index in [-0.39, 0.29) is 65.0 Å². The van der Waals surface area contributed by atoms with Gasteiger partial charge in [0.2, 0.25) is 0 Å². The second-order valence-electron chi connectivity index (χ2n) is 11.4. The molecule has 0 amide bonds. The number of unbranched alkanes of at least 4 members (excludes halogenated alkanes) is 4. The Balaban J connectivity index is 0.00000484. The minimum atomic E-state index is 0. The van der Waals surface area contributed by atoms with Crippen molar-refractivity contribution in [2.45, 2.75) is 104 Å². The van der Waals surface area contributed by atoms with Crippen molar-refractivity contribution >= 4 is 83.2 Å². The summed E-state index contributed by atoms with van der Waals surface area (Å²) in [7, 11) is 0. The van der Waals surface area contributed by atoms with E-state index in [1.807, 2.05) is 0 Å². The van der Waals surface area contributed by atoms with Crippen LogP contribution in [0.5, 0.6) is 11.5 Å². The van der Waals surface area contributed by atoms with Crippen molar-refractivity contribution in [3.63, 3.8) is 0 Å². The van der Waals surface area contributed by atoms with Gasteiger partial charge in [-0.05, 0) is 76.8 Å². The molecule has 238 valence electrons. The smallest absolute Gasteiger partial charge is 0.126 e. The van der Waals surface area contributed by atoms with Gasteiger partial charge < -0.3 is 9.47 Å². The Morgan fingerprint density at radius 1 is 0.750 bits per heavy atom. The summed E-state index contributed by atoms with van der Waals surface area (Å²) >= 11 is 2.33. The Bertz CT molecular complexity index is 1090. The van der Waals surface area contributed by atoms with E-state index in [0.717, 1.165) is 98.2 Å². The SMILES string of the molecule is Cc1cc(C)c(OCCCCCCCSOOO)c(C(C)c2cc(C)cc(C)c2OCCC2CCCC2SOOO)c1.[Na].[Na]. The molecule has 0 aliphatic heterocycles. The molecule has 3 atom stereocenters. The van der Waals surface area contributed by atoms with E-state index in [1.165, 1.54) is 34.3 Å². The first kappa shape index (κ1) is 42.5. The average molecular weight is 671 g/mol. The number of hydrogen-bond donors (Lipinski definition) is 2. The minimum absolute atomic E-state index is 0. The Hall–Kier alpha value is 0.500. The van der Waals surface area contributed by atoms with Gasteiger partial charge in [-0.25, -0.2) is 10.5 Å². The molecule has 2 N–H and O–H groups in total.